The molecule has 0 aliphatic rings. The first kappa shape index (κ1) is 12.9. The van der Waals surface area contributed by atoms with Gasteiger partial charge in [-0.1, -0.05) is 30.3 Å². The van der Waals surface area contributed by atoms with E-state index < -0.39 is 0 Å². The molecule has 0 radical (unpaired) electrons. The van der Waals surface area contributed by atoms with Gasteiger partial charge >= 0.3 is 0 Å². The van der Waals surface area contributed by atoms with Crippen molar-refractivity contribution in [1.82, 2.24) is 4.90 Å². The molecule has 17 heavy (non-hydrogen) atoms. The van der Waals surface area contributed by atoms with Gasteiger partial charge in [0, 0.05) is 6.42 Å². The van der Waals surface area contributed by atoms with Crippen molar-refractivity contribution in [3.05, 3.63) is 35.9 Å². The van der Waals surface area contributed by atoms with E-state index in [4.69, 9.17) is 10.5 Å². The van der Waals surface area contributed by atoms with Crippen LogP contribution < -0.4 is 0 Å². The molecule has 0 aromatic heterocycles. The van der Waals surface area contributed by atoms with E-state index in [2.05, 4.69) is 0 Å². The lowest BCUT2D eigenvalue weighted by Crippen LogP contribution is -2.31. The highest BCUT2D eigenvalue weighted by Gasteiger charge is 2.10. The Balaban J connectivity index is 2.49. The van der Waals surface area contributed by atoms with Crippen LogP contribution in [0.15, 0.2) is 30.3 Å². The summed E-state index contributed by atoms with van der Waals surface area (Å²) < 4.78 is 0. The van der Waals surface area contributed by atoms with Gasteiger partial charge in [0.15, 0.2) is 5.78 Å². The van der Waals surface area contributed by atoms with Crippen molar-refractivity contribution in [2.24, 2.45) is 0 Å². The van der Waals surface area contributed by atoms with E-state index in [0.717, 1.165) is 5.56 Å². The molecule has 0 unspecified atom stereocenters. The minimum absolute atomic E-state index is 0.0155. The van der Waals surface area contributed by atoms with E-state index in [1.807, 2.05) is 42.5 Å². The highest BCUT2D eigenvalue weighted by molar-refractivity contribution is 5.82. The molecule has 0 saturated carbocycles. The molecule has 1 rings (SSSR count). The fourth-order valence-corrected chi connectivity index (χ4v) is 1.50. The Bertz CT molecular complexity index is 426. The lowest BCUT2D eigenvalue weighted by Gasteiger charge is -2.13. The minimum Gasteiger partial charge on any atom is -0.298 e. The number of nitriles is 2. The normalized spacial score (nSPS) is 9.59. The van der Waals surface area contributed by atoms with Crippen molar-refractivity contribution in [3.63, 3.8) is 0 Å². The molecule has 0 fully saturated rings. The summed E-state index contributed by atoms with van der Waals surface area (Å²) in [7, 11) is 0. The number of hydrogen-bond acceptors (Lipinski definition) is 4. The van der Waals surface area contributed by atoms with E-state index in [1.165, 1.54) is 4.90 Å². The van der Waals surface area contributed by atoms with Gasteiger partial charge in [-0.25, -0.2) is 0 Å². The number of benzene rings is 1. The fraction of sp³-hybridized carbons (Fsp3) is 0.308. The Kier molecular flexibility index (Phi) is 5.43. The molecule has 1 aromatic rings. The molecule has 86 valence electrons. The summed E-state index contributed by atoms with van der Waals surface area (Å²) in [6.07, 6.45) is 0.341. The van der Waals surface area contributed by atoms with Crippen molar-refractivity contribution in [3.8, 4) is 12.1 Å². The molecule has 4 heteroatoms. The Morgan fingerprint density at radius 2 is 1.71 bits per heavy atom. The third kappa shape index (κ3) is 4.92. The van der Waals surface area contributed by atoms with Gasteiger partial charge in [0.1, 0.15) is 0 Å². The molecular formula is C13H13N3O. The summed E-state index contributed by atoms with van der Waals surface area (Å²) in [5.74, 6) is 0.0155. The van der Waals surface area contributed by atoms with Crippen LogP contribution in [-0.2, 0) is 11.2 Å². The second-order valence-corrected chi connectivity index (χ2v) is 3.66. The number of carbonyl (C=O) groups is 1. The van der Waals surface area contributed by atoms with Gasteiger partial charge in [0.2, 0.25) is 0 Å². The van der Waals surface area contributed by atoms with E-state index in [1.54, 1.807) is 0 Å². The van der Waals surface area contributed by atoms with Gasteiger partial charge in [0.25, 0.3) is 0 Å². The number of ketones is 1. The quantitative estimate of drug-likeness (QED) is 0.683. The molecule has 0 amide bonds. The SMILES string of the molecule is N#CCN(CC#N)CC(=O)Cc1ccccc1. The van der Waals surface area contributed by atoms with E-state index in [0.29, 0.717) is 6.42 Å². The molecular weight excluding hydrogens is 214 g/mol. The Morgan fingerprint density at radius 1 is 1.12 bits per heavy atom. The molecule has 0 aliphatic carbocycles. The first-order valence-corrected chi connectivity index (χ1v) is 5.28. The highest BCUT2D eigenvalue weighted by atomic mass is 16.1. The van der Waals surface area contributed by atoms with Crippen LogP contribution in [0.3, 0.4) is 0 Å². The van der Waals surface area contributed by atoms with Crippen LogP contribution in [-0.4, -0.2) is 30.3 Å². The molecule has 0 bridgehead atoms. The smallest absolute Gasteiger partial charge is 0.151 e. The number of carbonyl (C=O) groups excluding carboxylic acids is 1. The maximum absolute atomic E-state index is 11.7. The lowest BCUT2D eigenvalue weighted by molar-refractivity contribution is -0.119. The van der Waals surface area contributed by atoms with E-state index in [9.17, 15) is 4.79 Å². The number of nitrogens with zero attached hydrogens (tertiary/aromatic N) is 3. The molecule has 1 aromatic carbocycles. The van der Waals surface area contributed by atoms with Crippen LogP contribution in [0.5, 0.6) is 0 Å². The first-order valence-electron chi connectivity index (χ1n) is 5.28. The summed E-state index contributed by atoms with van der Waals surface area (Å²) in [6.45, 7) is 0.359. The molecule has 0 N–H and O–H groups in total. The van der Waals surface area contributed by atoms with Crippen molar-refractivity contribution in [2.75, 3.05) is 19.6 Å². The van der Waals surface area contributed by atoms with Crippen molar-refractivity contribution in [1.29, 1.82) is 10.5 Å². The molecule has 0 aliphatic heterocycles. The number of hydrogen-bond donors (Lipinski definition) is 0. The summed E-state index contributed by atoms with van der Waals surface area (Å²) in [5.41, 5.74) is 0.950. The zero-order valence-electron chi connectivity index (χ0n) is 9.47. The maximum Gasteiger partial charge on any atom is 0.151 e. The Morgan fingerprint density at radius 3 is 2.24 bits per heavy atom. The Labute approximate surface area is 101 Å². The van der Waals surface area contributed by atoms with Gasteiger partial charge < -0.3 is 0 Å². The number of rotatable bonds is 6. The Hall–Kier alpha value is -2.17. The molecule has 4 nitrogen and oxygen atoms in total. The van der Waals surface area contributed by atoms with Crippen LogP contribution in [0.25, 0.3) is 0 Å². The van der Waals surface area contributed by atoms with Crippen LogP contribution >= 0.6 is 0 Å². The zero-order valence-corrected chi connectivity index (χ0v) is 9.47. The first-order chi connectivity index (χ1) is 8.26. The molecule has 0 atom stereocenters. The second kappa shape index (κ2) is 7.16. The average molecular weight is 227 g/mol. The predicted octanol–water partition coefficient (Wildman–Crippen LogP) is 1.15. The van der Waals surface area contributed by atoms with Crippen LogP contribution in [0.1, 0.15) is 5.56 Å². The van der Waals surface area contributed by atoms with Gasteiger partial charge in [-0.15, -0.1) is 0 Å². The predicted molar refractivity (Wildman–Crippen MR) is 62.8 cm³/mol. The second-order valence-electron chi connectivity index (χ2n) is 3.66. The minimum atomic E-state index is 0.0155. The van der Waals surface area contributed by atoms with Crippen LogP contribution in [0, 0.1) is 22.7 Å². The summed E-state index contributed by atoms with van der Waals surface area (Å²) in [4.78, 5) is 13.2. The number of Topliss-reactive ketones (excluding diaryl/α,β-unsaturated/α-hetero) is 1. The maximum atomic E-state index is 11.7. The monoisotopic (exact) mass is 227 g/mol. The largest absolute Gasteiger partial charge is 0.298 e. The van der Waals surface area contributed by atoms with E-state index in [-0.39, 0.29) is 25.4 Å². The fourth-order valence-electron chi connectivity index (χ4n) is 1.50. The standard InChI is InChI=1S/C13H13N3O/c14-6-8-16(9-7-15)11-13(17)10-12-4-2-1-3-5-12/h1-5H,8-11H2. The topological polar surface area (TPSA) is 67.9 Å². The molecule has 0 saturated heterocycles. The van der Waals surface area contributed by atoms with E-state index >= 15 is 0 Å². The average Bonchev–Trinajstić information content (AvgIpc) is 2.30. The van der Waals surface area contributed by atoms with Crippen molar-refractivity contribution >= 4 is 5.78 Å². The van der Waals surface area contributed by atoms with Gasteiger partial charge in [-0.05, 0) is 5.56 Å². The van der Waals surface area contributed by atoms with Crippen LogP contribution in [0.2, 0.25) is 0 Å². The van der Waals surface area contributed by atoms with Crippen LogP contribution in [0.4, 0.5) is 0 Å². The van der Waals surface area contributed by atoms with Gasteiger partial charge in [-0.2, -0.15) is 10.5 Å². The highest BCUT2D eigenvalue weighted by Crippen LogP contribution is 2.01. The van der Waals surface area contributed by atoms with Gasteiger partial charge in [-0.3, -0.25) is 9.69 Å². The summed E-state index contributed by atoms with van der Waals surface area (Å²) in [5, 5.41) is 17.1. The van der Waals surface area contributed by atoms with Crippen molar-refractivity contribution in [2.45, 2.75) is 6.42 Å². The van der Waals surface area contributed by atoms with Gasteiger partial charge in [0.05, 0.1) is 31.8 Å². The summed E-state index contributed by atoms with van der Waals surface area (Å²) in [6, 6.07) is 13.3. The third-order valence-electron chi connectivity index (χ3n) is 2.23. The third-order valence-corrected chi connectivity index (χ3v) is 2.23. The summed E-state index contributed by atoms with van der Waals surface area (Å²) >= 11 is 0. The van der Waals surface area contributed by atoms with Crippen molar-refractivity contribution < 1.29 is 4.79 Å². The molecule has 0 heterocycles. The lowest BCUT2D eigenvalue weighted by atomic mass is 10.1. The molecule has 0 spiro atoms. The zero-order chi connectivity index (χ0) is 12.5.